The third kappa shape index (κ3) is 3.48. The maximum absolute atomic E-state index is 5.29. The zero-order valence-electron chi connectivity index (χ0n) is 12.2. The molecule has 108 valence electrons. The summed E-state index contributed by atoms with van der Waals surface area (Å²) in [6.07, 6.45) is 6.60. The number of rotatable bonds is 7. The van der Waals surface area contributed by atoms with E-state index in [9.17, 15) is 0 Å². The van der Waals surface area contributed by atoms with Crippen molar-refractivity contribution in [3.8, 4) is 0 Å². The van der Waals surface area contributed by atoms with Crippen LogP contribution in [0.1, 0.15) is 49.9 Å². The SMILES string of the molecule is CC(C)CNCc1ccn(Cc2nc(C3CC3)no2)c1. The first kappa shape index (κ1) is 13.4. The first-order chi connectivity index (χ1) is 9.70. The van der Waals surface area contributed by atoms with Gasteiger partial charge in [0.2, 0.25) is 5.89 Å². The van der Waals surface area contributed by atoms with Crippen LogP contribution >= 0.6 is 0 Å². The van der Waals surface area contributed by atoms with E-state index in [-0.39, 0.29) is 0 Å². The third-order valence-corrected chi connectivity index (χ3v) is 3.44. The molecule has 1 aliphatic rings. The Morgan fingerprint density at radius 2 is 2.30 bits per heavy atom. The summed E-state index contributed by atoms with van der Waals surface area (Å²) < 4.78 is 7.39. The van der Waals surface area contributed by atoms with Crippen LogP contribution in [0.5, 0.6) is 0 Å². The zero-order valence-corrected chi connectivity index (χ0v) is 12.2. The molecule has 2 aromatic rings. The molecular formula is C15H22N4O. The Morgan fingerprint density at radius 1 is 1.45 bits per heavy atom. The van der Waals surface area contributed by atoms with Crippen LogP contribution in [-0.2, 0) is 13.1 Å². The molecule has 0 atom stereocenters. The van der Waals surface area contributed by atoms with Crippen molar-refractivity contribution in [2.45, 2.75) is 45.7 Å². The van der Waals surface area contributed by atoms with Crippen molar-refractivity contribution in [3.05, 3.63) is 35.7 Å². The molecule has 0 unspecified atom stereocenters. The van der Waals surface area contributed by atoms with E-state index in [0.717, 1.165) is 18.9 Å². The fourth-order valence-electron chi connectivity index (χ4n) is 2.19. The van der Waals surface area contributed by atoms with Crippen molar-refractivity contribution in [2.24, 2.45) is 5.92 Å². The summed E-state index contributed by atoms with van der Waals surface area (Å²) in [5.74, 6) is 2.81. The van der Waals surface area contributed by atoms with Gasteiger partial charge < -0.3 is 14.4 Å². The van der Waals surface area contributed by atoms with Crippen molar-refractivity contribution in [1.82, 2.24) is 20.0 Å². The summed E-state index contributed by atoms with van der Waals surface area (Å²) in [5, 5.41) is 7.48. The van der Waals surface area contributed by atoms with Gasteiger partial charge in [0.05, 0.1) is 0 Å². The van der Waals surface area contributed by atoms with Gasteiger partial charge in [-0.05, 0) is 36.9 Å². The van der Waals surface area contributed by atoms with E-state index in [0.29, 0.717) is 24.3 Å². The van der Waals surface area contributed by atoms with Gasteiger partial charge in [-0.2, -0.15) is 4.98 Å². The van der Waals surface area contributed by atoms with E-state index in [1.54, 1.807) is 0 Å². The maximum Gasteiger partial charge on any atom is 0.246 e. The number of aromatic nitrogens is 3. The van der Waals surface area contributed by atoms with Crippen molar-refractivity contribution >= 4 is 0 Å². The number of nitrogens with zero attached hydrogens (tertiary/aromatic N) is 3. The molecule has 0 spiro atoms. The molecule has 0 saturated heterocycles. The second kappa shape index (κ2) is 5.79. The molecule has 1 saturated carbocycles. The highest BCUT2D eigenvalue weighted by atomic mass is 16.5. The maximum atomic E-state index is 5.29. The molecule has 3 rings (SSSR count). The molecule has 0 bridgehead atoms. The fourth-order valence-corrected chi connectivity index (χ4v) is 2.19. The van der Waals surface area contributed by atoms with Crippen molar-refractivity contribution < 1.29 is 4.52 Å². The Hall–Kier alpha value is -1.62. The first-order valence-corrected chi connectivity index (χ1v) is 7.38. The summed E-state index contributed by atoms with van der Waals surface area (Å²) in [7, 11) is 0. The summed E-state index contributed by atoms with van der Waals surface area (Å²) in [6.45, 7) is 7.03. The lowest BCUT2D eigenvalue weighted by atomic mass is 10.2. The summed E-state index contributed by atoms with van der Waals surface area (Å²) in [4.78, 5) is 4.45. The minimum atomic E-state index is 0.549. The van der Waals surface area contributed by atoms with Crippen LogP contribution in [0.3, 0.4) is 0 Å². The Labute approximate surface area is 119 Å². The van der Waals surface area contributed by atoms with Gasteiger partial charge in [0.15, 0.2) is 5.82 Å². The number of nitrogens with one attached hydrogen (secondary N) is 1. The predicted octanol–water partition coefficient (Wildman–Crippen LogP) is 2.54. The lowest BCUT2D eigenvalue weighted by Gasteiger charge is -2.05. The first-order valence-electron chi connectivity index (χ1n) is 7.38. The molecule has 1 aliphatic carbocycles. The van der Waals surface area contributed by atoms with Crippen LogP contribution in [0.25, 0.3) is 0 Å². The van der Waals surface area contributed by atoms with Crippen LogP contribution in [0.15, 0.2) is 23.0 Å². The second-order valence-corrected chi connectivity index (χ2v) is 6.04. The molecule has 20 heavy (non-hydrogen) atoms. The summed E-state index contributed by atoms with van der Waals surface area (Å²) in [6, 6.07) is 2.13. The molecule has 2 heterocycles. The highest BCUT2D eigenvalue weighted by Crippen LogP contribution is 2.38. The van der Waals surface area contributed by atoms with Gasteiger partial charge in [-0.25, -0.2) is 0 Å². The fraction of sp³-hybridized carbons (Fsp3) is 0.600. The summed E-state index contributed by atoms with van der Waals surface area (Å²) in [5.41, 5.74) is 1.28. The molecule has 1 fully saturated rings. The largest absolute Gasteiger partial charge is 0.345 e. The lowest BCUT2D eigenvalue weighted by Crippen LogP contribution is -2.18. The van der Waals surface area contributed by atoms with Gasteiger partial charge in [0, 0.05) is 24.9 Å². The molecule has 0 radical (unpaired) electrons. The van der Waals surface area contributed by atoms with Crippen LogP contribution in [0.4, 0.5) is 0 Å². The molecule has 1 N–H and O–H groups in total. The molecule has 0 amide bonds. The van der Waals surface area contributed by atoms with Gasteiger partial charge in [0.1, 0.15) is 6.54 Å². The van der Waals surface area contributed by atoms with Crippen LogP contribution < -0.4 is 5.32 Å². The highest BCUT2D eigenvalue weighted by molar-refractivity contribution is 5.11. The average molecular weight is 274 g/mol. The summed E-state index contributed by atoms with van der Waals surface area (Å²) >= 11 is 0. The van der Waals surface area contributed by atoms with E-state index < -0.39 is 0 Å². The van der Waals surface area contributed by atoms with Crippen molar-refractivity contribution in [3.63, 3.8) is 0 Å². The Kier molecular flexibility index (Phi) is 3.87. The number of hydrogen-bond acceptors (Lipinski definition) is 4. The molecule has 2 aromatic heterocycles. The topological polar surface area (TPSA) is 55.9 Å². The Bertz CT molecular complexity index is 554. The minimum Gasteiger partial charge on any atom is -0.345 e. The quantitative estimate of drug-likeness (QED) is 0.843. The smallest absolute Gasteiger partial charge is 0.246 e. The molecule has 5 nitrogen and oxygen atoms in total. The standard InChI is InChI=1S/C15H22N4O/c1-11(2)7-16-8-12-5-6-19(9-12)10-14-17-15(18-20-14)13-3-4-13/h5-6,9,11,13,16H,3-4,7-8,10H2,1-2H3. The number of hydrogen-bond donors (Lipinski definition) is 1. The zero-order chi connectivity index (χ0) is 13.9. The van der Waals surface area contributed by atoms with E-state index >= 15 is 0 Å². The van der Waals surface area contributed by atoms with Crippen molar-refractivity contribution in [1.29, 1.82) is 0 Å². The van der Waals surface area contributed by atoms with Gasteiger partial charge in [-0.3, -0.25) is 0 Å². The van der Waals surface area contributed by atoms with E-state index in [1.807, 2.05) is 0 Å². The highest BCUT2D eigenvalue weighted by Gasteiger charge is 2.28. The van der Waals surface area contributed by atoms with Gasteiger partial charge >= 0.3 is 0 Å². The van der Waals surface area contributed by atoms with E-state index in [2.05, 4.69) is 52.3 Å². The molecule has 0 aromatic carbocycles. The Morgan fingerprint density at radius 3 is 3.05 bits per heavy atom. The van der Waals surface area contributed by atoms with Gasteiger partial charge in [-0.1, -0.05) is 19.0 Å². The van der Waals surface area contributed by atoms with E-state index in [4.69, 9.17) is 4.52 Å². The van der Waals surface area contributed by atoms with E-state index in [1.165, 1.54) is 18.4 Å². The lowest BCUT2D eigenvalue weighted by molar-refractivity contribution is 0.366. The predicted molar refractivity (Wildman–Crippen MR) is 76.4 cm³/mol. The van der Waals surface area contributed by atoms with Gasteiger partial charge in [-0.15, -0.1) is 0 Å². The van der Waals surface area contributed by atoms with Crippen LogP contribution in [-0.4, -0.2) is 21.3 Å². The monoisotopic (exact) mass is 274 g/mol. The Balaban J connectivity index is 1.53. The molecule has 5 heteroatoms. The van der Waals surface area contributed by atoms with Gasteiger partial charge in [0.25, 0.3) is 0 Å². The normalized spacial score (nSPS) is 15.2. The second-order valence-electron chi connectivity index (χ2n) is 6.04. The minimum absolute atomic E-state index is 0.549. The van der Waals surface area contributed by atoms with Crippen LogP contribution in [0, 0.1) is 5.92 Å². The van der Waals surface area contributed by atoms with Crippen LogP contribution in [0.2, 0.25) is 0 Å². The third-order valence-electron chi connectivity index (χ3n) is 3.44. The molecular weight excluding hydrogens is 252 g/mol. The van der Waals surface area contributed by atoms with Crippen molar-refractivity contribution in [2.75, 3.05) is 6.54 Å². The molecule has 0 aliphatic heterocycles. The average Bonchev–Trinajstić information content (AvgIpc) is 3.00.